The lowest BCUT2D eigenvalue weighted by Crippen LogP contribution is -2.36. The number of nitrogens with one attached hydrogen (secondary N) is 1. The quantitative estimate of drug-likeness (QED) is 0.590. The van der Waals surface area contributed by atoms with Gasteiger partial charge in [-0.1, -0.05) is 0 Å². The first-order valence-electron chi connectivity index (χ1n) is 6.38. The Balaban J connectivity index is 3.07. The van der Waals surface area contributed by atoms with Gasteiger partial charge in [0, 0.05) is 24.0 Å². The van der Waals surface area contributed by atoms with Crippen LogP contribution in [-0.4, -0.2) is 35.6 Å². The van der Waals surface area contributed by atoms with E-state index in [9.17, 15) is 20.0 Å². The van der Waals surface area contributed by atoms with Gasteiger partial charge in [0.2, 0.25) is 5.91 Å². The van der Waals surface area contributed by atoms with E-state index in [1.165, 1.54) is 6.07 Å². The second kappa shape index (κ2) is 7.20. The Bertz CT molecular complexity index is 487. The number of thiophene rings is 1. The van der Waals surface area contributed by atoms with Crippen LogP contribution in [0, 0.1) is 10.1 Å². The summed E-state index contributed by atoms with van der Waals surface area (Å²) < 4.78 is 0. The average Bonchev–Trinajstić information content (AvgIpc) is 2.81. The summed E-state index contributed by atoms with van der Waals surface area (Å²) in [6.07, 6.45) is -0.768. The third kappa shape index (κ3) is 3.91. The monoisotopic (exact) mass is 301 g/mol. The van der Waals surface area contributed by atoms with Crippen LogP contribution in [0.25, 0.3) is 0 Å². The first kappa shape index (κ1) is 16.4. The van der Waals surface area contributed by atoms with Crippen molar-refractivity contribution in [3.8, 4) is 0 Å². The maximum atomic E-state index is 11.6. The van der Waals surface area contributed by atoms with Gasteiger partial charge in [0.1, 0.15) is 0 Å². The fraction of sp³-hybridized carbons (Fsp3) is 0.583. The maximum absolute atomic E-state index is 11.6. The molecule has 0 aliphatic rings. The highest BCUT2D eigenvalue weighted by Gasteiger charge is 2.25. The van der Waals surface area contributed by atoms with Crippen molar-refractivity contribution in [2.45, 2.75) is 26.9 Å². The highest BCUT2D eigenvalue weighted by atomic mass is 32.1. The van der Waals surface area contributed by atoms with Crippen LogP contribution in [0.1, 0.15) is 31.8 Å². The lowest BCUT2D eigenvalue weighted by atomic mass is 10.3. The standard InChI is InChI=1S/C12H19N3O4S/c1-4-13-11(17)7-14(5-2)12-9(15(18)19)6-10(20-12)8(3)16/h6,8,16H,4-5,7H2,1-3H3,(H,13,17)/t8-/m1/s1. The van der Waals surface area contributed by atoms with Gasteiger partial charge in [0.25, 0.3) is 0 Å². The molecule has 0 unspecified atom stereocenters. The summed E-state index contributed by atoms with van der Waals surface area (Å²) >= 11 is 1.14. The molecule has 0 aromatic carbocycles. The van der Waals surface area contributed by atoms with Crippen LogP contribution < -0.4 is 10.2 Å². The summed E-state index contributed by atoms with van der Waals surface area (Å²) in [5.74, 6) is -0.185. The number of amides is 1. The number of rotatable bonds is 7. The molecule has 1 heterocycles. The summed E-state index contributed by atoms with van der Waals surface area (Å²) in [5.41, 5.74) is -0.0722. The fourth-order valence-corrected chi connectivity index (χ4v) is 2.83. The van der Waals surface area contributed by atoms with Crippen LogP contribution in [0.15, 0.2) is 6.07 Å². The number of anilines is 1. The predicted octanol–water partition coefficient (Wildman–Crippen LogP) is 1.67. The van der Waals surface area contributed by atoms with E-state index in [2.05, 4.69) is 5.32 Å². The number of hydrogen-bond acceptors (Lipinski definition) is 6. The minimum absolute atomic E-state index is 0.0605. The van der Waals surface area contributed by atoms with Crippen molar-refractivity contribution in [1.82, 2.24) is 5.32 Å². The molecule has 1 amide bonds. The van der Waals surface area contributed by atoms with Crippen LogP contribution in [0.4, 0.5) is 10.7 Å². The third-order valence-electron chi connectivity index (χ3n) is 2.70. The zero-order valence-corrected chi connectivity index (χ0v) is 12.6. The number of likely N-dealkylation sites (N-methyl/N-ethyl adjacent to an activating group) is 2. The van der Waals surface area contributed by atoms with Gasteiger partial charge in [-0.15, -0.1) is 11.3 Å². The zero-order valence-electron chi connectivity index (χ0n) is 11.8. The van der Waals surface area contributed by atoms with E-state index < -0.39 is 11.0 Å². The van der Waals surface area contributed by atoms with Gasteiger partial charge in [-0.3, -0.25) is 14.9 Å². The summed E-state index contributed by atoms with van der Waals surface area (Å²) in [5, 5.41) is 23.7. The normalized spacial score (nSPS) is 12.0. The maximum Gasteiger partial charge on any atom is 0.304 e. The first-order chi connectivity index (χ1) is 9.40. The molecule has 1 aromatic rings. The van der Waals surface area contributed by atoms with Gasteiger partial charge in [-0.25, -0.2) is 0 Å². The van der Waals surface area contributed by atoms with Gasteiger partial charge in [-0.05, 0) is 20.8 Å². The minimum Gasteiger partial charge on any atom is -0.388 e. The molecule has 0 saturated heterocycles. The largest absolute Gasteiger partial charge is 0.388 e. The number of carbonyl (C=O) groups excluding carboxylic acids is 1. The Labute approximate surface area is 121 Å². The van der Waals surface area contributed by atoms with Crippen LogP contribution in [-0.2, 0) is 4.79 Å². The molecule has 1 aromatic heterocycles. The summed E-state index contributed by atoms with van der Waals surface area (Å²) in [7, 11) is 0. The van der Waals surface area contributed by atoms with E-state index in [4.69, 9.17) is 0 Å². The molecule has 0 bridgehead atoms. The van der Waals surface area contributed by atoms with E-state index >= 15 is 0 Å². The molecular formula is C12H19N3O4S. The highest BCUT2D eigenvalue weighted by Crippen LogP contribution is 2.39. The van der Waals surface area contributed by atoms with E-state index in [0.29, 0.717) is 23.0 Å². The summed E-state index contributed by atoms with van der Waals surface area (Å²) in [4.78, 5) is 24.4. The van der Waals surface area contributed by atoms with Gasteiger partial charge >= 0.3 is 5.69 Å². The number of aliphatic hydroxyl groups excluding tert-OH is 1. The van der Waals surface area contributed by atoms with Crippen molar-refractivity contribution in [3.63, 3.8) is 0 Å². The molecule has 8 heteroatoms. The van der Waals surface area contributed by atoms with E-state index in [1.54, 1.807) is 11.8 Å². The number of hydrogen-bond donors (Lipinski definition) is 2. The Morgan fingerprint density at radius 3 is 2.70 bits per heavy atom. The van der Waals surface area contributed by atoms with Gasteiger partial charge in [-0.2, -0.15) is 0 Å². The average molecular weight is 301 g/mol. The van der Waals surface area contributed by atoms with Crippen molar-refractivity contribution in [2.75, 3.05) is 24.5 Å². The lowest BCUT2D eigenvalue weighted by molar-refractivity contribution is -0.383. The Hall–Kier alpha value is -1.67. The second-order valence-electron chi connectivity index (χ2n) is 4.24. The summed E-state index contributed by atoms with van der Waals surface area (Å²) in [6.45, 7) is 6.24. The highest BCUT2D eigenvalue weighted by molar-refractivity contribution is 7.16. The van der Waals surface area contributed by atoms with E-state index in [0.717, 1.165) is 11.3 Å². The van der Waals surface area contributed by atoms with Crippen molar-refractivity contribution in [3.05, 3.63) is 21.1 Å². The Morgan fingerprint density at radius 1 is 1.60 bits per heavy atom. The molecule has 112 valence electrons. The van der Waals surface area contributed by atoms with Crippen molar-refractivity contribution >= 4 is 27.9 Å². The molecular weight excluding hydrogens is 282 g/mol. The molecule has 1 rings (SSSR count). The number of nitrogens with zero attached hydrogens (tertiary/aromatic N) is 2. The zero-order chi connectivity index (χ0) is 15.3. The smallest absolute Gasteiger partial charge is 0.304 e. The van der Waals surface area contributed by atoms with Crippen LogP contribution in [0.3, 0.4) is 0 Å². The lowest BCUT2D eigenvalue weighted by Gasteiger charge is -2.19. The molecule has 0 saturated carbocycles. The molecule has 0 radical (unpaired) electrons. The van der Waals surface area contributed by atoms with Crippen LogP contribution in [0.2, 0.25) is 0 Å². The first-order valence-corrected chi connectivity index (χ1v) is 7.20. The van der Waals surface area contributed by atoms with Crippen molar-refractivity contribution in [2.24, 2.45) is 0 Å². The second-order valence-corrected chi connectivity index (χ2v) is 5.30. The van der Waals surface area contributed by atoms with Gasteiger partial charge in [0.05, 0.1) is 17.6 Å². The van der Waals surface area contributed by atoms with Crippen LogP contribution >= 0.6 is 11.3 Å². The minimum atomic E-state index is -0.768. The molecule has 0 aliphatic heterocycles. The molecule has 20 heavy (non-hydrogen) atoms. The number of aliphatic hydroxyl groups is 1. The molecule has 0 fully saturated rings. The Kier molecular flexibility index (Phi) is 5.90. The summed E-state index contributed by atoms with van der Waals surface area (Å²) in [6, 6.07) is 1.37. The molecule has 7 nitrogen and oxygen atoms in total. The van der Waals surface area contributed by atoms with E-state index in [-0.39, 0.29) is 18.1 Å². The van der Waals surface area contributed by atoms with Crippen molar-refractivity contribution < 1.29 is 14.8 Å². The predicted molar refractivity (Wildman–Crippen MR) is 78.2 cm³/mol. The molecule has 0 spiro atoms. The molecule has 1 atom stereocenters. The van der Waals surface area contributed by atoms with E-state index in [1.807, 2.05) is 13.8 Å². The van der Waals surface area contributed by atoms with Crippen LogP contribution in [0.5, 0.6) is 0 Å². The van der Waals surface area contributed by atoms with Gasteiger partial charge < -0.3 is 15.3 Å². The topological polar surface area (TPSA) is 95.7 Å². The fourth-order valence-electron chi connectivity index (χ4n) is 1.71. The molecule has 2 N–H and O–H groups in total. The third-order valence-corrected chi connectivity index (χ3v) is 4.05. The molecule has 0 aliphatic carbocycles. The number of nitro groups is 1. The SMILES string of the molecule is CCNC(=O)CN(CC)c1sc([C@@H](C)O)cc1[N+](=O)[O-]. The van der Waals surface area contributed by atoms with Gasteiger partial charge in [0.15, 0.2) is 5.00 Å². The Morgan fingerprint density at radius 2 is 2.25 bits per heavy atom. The number of carbonyl (C=O) groups is 1. The van der Waals surface area contributed by atoms with Crippen molar-refractivity contribution in [1.29, 1.82) is 0 Å².